The Labute approximate surface area is 149 Å². The van der Waals surface area contributed by atoms with Crippen molar-refractivity contribution in [2.45, 2.75) is 86.7 Å². The molecule has 0 aliphatic carbocycles. The first kappa shape index (κ1) is 22.9. The van der Waals surface area contributed by atoms with Gasteiger partial charge in [-0.1, -0.05) is 64.8 Å². The summed E-state index contributed by atoms with van der Waals surface area (Å²) < 4.78 is 0. The van der Waals surface area contributed by atoms with Crippen molar-refractivity contribution in [3.8, 4) is 0 Å². The Bertz CT molecular complexity index is 408. The Balaban J connectivity index is 4.16. The van der Waals surface area contributed by atoms with E-state index in [9.17, 15) is 0 Å². The Morgan fingerprint density at radius 1 is 0.870 bits per heavy atom. The summed E-state index contributed by atoms with van der Waals surface area (Å²) in [5, 5.41) is 3.82. The fourth-order valence-corrected chi connectivity index (χ4v) is 2.97. The maximum absolute atomic E-state index is 3.64. The second-order valence-corrected chi connectivity index (χ2v) is 10.5. The van der Waals surface area contributed by atoms with E-state index in [1.54, 1.807) is 0 Å². The molecule has 0 aliphatic rings. The van der Waals surface area contributed by atoms with Crippen molar-refractivity contribution in [3.63, 3.8) is 0 Å². The summed E-state index contributed by atoms with van der Waals surface area (Å²) in [6.45, 7) is 22.8. The van der Waals surface area contributed by atoms with Gasteiger partial charge in [0.1, 0.15) is 0 Å². The van der Waals surface area contributed by atoms with Crippen LogP contribution in [-0.4, -0.2) is 18.2 Å². The smallest absolute Gasteiger partial charge is 0.00265 e. The second-order valence-electron chi connectivity index (χ2n) is 8.99. The maximum Gasteiger partial charge on any atom is -0.00265 e. The molecular formula is C21H42NP. The lowest BCUT2D eigenvalue weighted by atomic mass is 9.80. The molecular weight excluding hydrogens is 297 g/mol. The van der Waals surface area contributed by atoms with Gasteiger partial charge in [-0.3, -0.25) is 0 Å². The zero-order chi connectivity index (χ0) is 18.3. The molecule has 0 rings (SSSR count). The fourth-order valence-electron chi connectivity index (χ4n) is 2.72. The van der Waals surface area contributed by atoms with Crippen LogP contribution in [0, 0.1) is 10.8 Å². The average Bonchev–Trinajstić information content (AvgIpc) is 2.39. The van der Waals surface area contributed by atoms with Crippen molar-refractivity contribution in [2.24, 2.45) is 10.8 Å². The second kappa shape index (κ2) is 9.38. The van der Waals surface area contributed by atoms with Gasteiger partial charge < -0.3 is 5.32 Å². The normalized spacial score (nSPS) is 15.2. The molecule has 0 spiro atoms. The van der Waals surface area contributed by atoms with Crippen LogP contribution in [0.15, 0.2) is 23.3 Å². The lowest BCUT2D eigenvalue weighted by Crippen LogP contribution is -2.26. The van der Waals surface area contributed by atoms with E-state index in [0.717, 1.165) is 13.1 Å². The van der Waals surface area contributed by atoms with Crippen molar-refractivity contribution in [1.29, 1.82) is 0 Å². The largest absolute Gasteiger partial charge is 0.317 e. The van der Waals surface area contributed by atoms with Gasteiger partial charge in [0.05, 0.1) is 0 Å². The van der Waals surface area contributed by atoms with Crippen LogP contribution in [0.4, 0.5) is 0 Å². The predicted molar refractivity (Wildman–Crippen MR) is 111 cm³/mol. The van der Waals surface area contributed by atoms with E-state index >= 15 is 0 Å². The lowest BCUT2D eigenvalue weighted by Gasteiger charge is -2.29. The molecule has 0 aromatic carbocycles. The van der Waals surface area contributed by atoms with Crippen molar-refractivity contribution in [1.82, 2.24) is 5.32 Å². The first-order valence-corrected chi connectivity index (χ1v) is 9.72. The quantitative estimate of drug-likeness (QED) is 0.277. The minimum atomic E-state index is 0.186. The number of allylic oxidation sites excluding steroid dienone is 4. The molecule has 0 saturated heterocycles. The SMILES string of the molecule is C/C=C(\C)C(C)(C)CCCNCCC(C)(C)/C(C)=C/C(C)(C)P. The molecule has 0 fully saturated rings. The summed E-state index contributed by atoms with van der Waals surface area (Å²) in [6.07, 6.45) is 8.32. The van der Waals surface area contributed by atoms with Crippen LogP contribution in [0.3, 0.4) is 0 Å². The van der Waals surface area contributed by atoms with Crippen LogP contribution in [0.2, 0.25) is 0 Å². The molecule has 0 aliphatic heterocycles. The Morgan fingerprint density at radius 3 is 1.87 bits per heavy atom. The van der Waals surface area contributed by atoms with Gasteiger partial charge in [-0.05, 0) is 69.1 Å². The molecule has 23 heavy (non-hydrogen) atoms. The fraction of sp³-hybridized carbons (Fsp3) is 0.810. The van der Waals surface area contributed by atoms with Gasteiger partial charge in [0.2, 0.25) is 0 Å². The molecule has 0 saturated carbocycles. The van der Waals surface area contributed by atoms with Crippen molar-refractivity contribution in [3.05, 3.63) is 23.3 Å². The van der Waals surface area contributed by atoms with Gasteiger partial charge in [-0.25, -0.2) is 0 Å². The summed E-state index contributed by atoms with van der Waals surface area (Å²) in [5.41, 5.74) is 3.59. The number of nitrogens with one attached hydrogen (secondary N) is 1. The first-order valence-electron chi connectivity index (χ1n) is 9.15. The Kier molecular flexibility index (Phi) is 9.33. The third-order valence-electron chi connectivity index (χ3n) is 5.24. The number of hydrogen-bond acceptors (Lipinski definition) is 1. The summed E-state index contributed by atoms with van der Waals surface area (Å²) in [4.78, 5) is 0. The highest BCUT2D eigenvalue weighted by molar-refractivity contribution is 7.19. The molecule has 0 amide bonds. The average molecular weight is 340 g/mol. The first-order chi connectivity index (χ1) is 10.3. The molecule has 0 aromatic rings. The highest BCUT2D eigenvalue weighted by Gasteiger charge is 2.22. The molecule has 0 aromatic heterocycles. The van der Waals surface area contributed by atoms with E-state index in [1.807, 2.05) is 0 Å². The monoisotopic (exact) mass is 339 g/mol. The van der Waals surface area contributed by atoms with Gasteiger partial charge in [0.15, 0.2) is 0 Å². The number of rotatable bonds is 10. The van der Waals surface area contributed by atoms with Crippen molar-refractivity contribution in [2.75, 3.05) is 13.1 Å². The van der Waals surface area contributed by atoms with Crippen LogP contribution >= 0.6 is 9.24 Å². The van der Waals surface area contributed by atoms with Crippen LogP contribution in [0.1, 0.15) is 81.6 Å². The summed E-state index contributed by atoms with van der Waals surface area (Å²) >= 11 is 0. The Hall–Kier alpha value is -0.130. The predicted octanol–water partition coefficient (Wildman–Crippen LogP) is 6.36. The summed E-state index contributed by atoms with van der Waals surface area (Å²) in [7, 11) is 2.92. The molecule has 0 heterocycles. The van der Waals surface area contributed by atoms with E-state index in [4.69, 9.17) is 0 Å². The zero-order valence-electron chi connectivity index (χ0n) is 17.3. The molecule has 1 nitrogen and oxygen atoms in total. The van der Waals surface area contributed by atoms with Gasteiger partial charge in [0.25, 0.3) is 0 Å². The van der Waals surface area contributed by atoms with Gasteiger partial charge in [-0.2, -0.15) is 0 Å². The standard InChI is InChI=1S/C21H42NP/c1-10-17(2)19(4,5)12-11-14-22-15-13-20(6,7)18(3)16-21(8,9)23/h10,16,22H,11-15,23H2,1-9H3/b17-10+,18-16+. The highest BCUT2D eigenvalue weighted by atomic mass is 31.0. The molecule has 0 bridgehead atoms. The maximum atomic E-state index is 3.64. The van der Waals surface area contributed by atoms with Crippen molar-refractivity contribution < 1.29 is 0 Å². The molecule has 1 unspecified atom stereocenters. The van der Waals surface area contributed by atoms with Crippen LogP contribution in [-0.2, 0) is 0 Å². The minimum Gasteiger partial charge on any atom is -0.317 e. The van der Waals surface area contributed by atoms with E-state index in [0.29, 0.717) is 5.41 Å². The molecule has 136 valence electrons. The van der Waals surface area contributed by atoms with Gasteiger partial charge >= 0.3 is 0 Å². The topological polar surface area (TPSA) is 12.0 Å². The Morgan fingerprint density at radius 2 is 1.39 bits per heavy atom. The van der Waals surface area contributed by atoms with E-state index in [-0.39, 0.29) is 10.6 Å². The van der Waals surface area contributed by atoms with Crippen LogP contribution < -0.4 is 5.32 Å². The summed E-state index contributed by atoms with van der Waals surface area (Å²) in [6, 6.07) is 0. The van der Waals surface area contributed by atoms with Gasteiger partial charge in [0, 0.05) is 0 Å². The molecule has 0 radical (unpaired) electrons. The highest BCUT2D eigenvalue weighted by Crippen LogP contribution is 2.33. The minimum absolute atomic E-state index is 0.186. The van der Waals surface area contributed by atoms with Crippen LogP contribution in [0.5, 0.6) is 0 Å². The molecule has 2 heteroatoms. The van der Waals surface area contributed by atoms with E-state index in [1.165, 1.54) is 30.4 Å². The van der Waals surface area contributed by atoms with E-state index < -0.39 is 0 Å². The third kappa shape index (κ3) is 9.68. The zero-order valence-corrected chi connectivity index (χ0v) is 18.4. The van der Waals surface area contributed by atoms with Crippen LogP contribution in [0.25, 0.3) is 0 Å². The van der Waals surface area contributed by atoms with Crippen molar-refractivity contribution >= 4 is 9.24 Å². The molecule has 1 N–H and O–H groups in total. The van der Waals surface area contributed by atoms with Gasteiger partial charge in [-0.15, -0.1) is 9.24 Å². The third-order valence-corrected chi connectivity index (χ3v) is 5.41. The number of hydrogen-bond donors (Lipinski definition) is 1. The summed E-state index contributed by atoms with van der Waals surface area (Å²) in [5.74, 6) is 0. The lowest BCUT2D eigenvalue weighted by molar-refractivity contribution is 0.369. The molecule has 1 atom stereocenters. The van der Waals surface area contributed by atoms with E-state index in [2.05, 4.69) is 89.0 Å².